The predicted molar refractivity (Wildman–Crippen MR) is 129 cm³/mol. The molecule has 0 atom stereocenters. The van der Waals surface area contributed by atoms with Gasteiger partial charge in [0, 0.05) is 16.5 Å². The lowest BCUT2D eigenvalue weighted by molar-refractivity contribution is 0.0922. The first kappa shape index (κ1) is 22.2. The first-order chi connectivity index (χ1) is 14.1. The molecule has 0 aliphatic rings. The van der Waals surface area contributed by atoms with Crippen molar-refractivity contribution in [2.45, 2.75) is 33.2 Å². The second-order valence-electron chi connectivity index (χ2n) is 7.85. The Morgan fingerprint density at radius 1 is 1.03 bits per heavy atom. The molecule has 0 radical (unpaired) electrons. The van der Waals surface area contributed by atoms with Crippen LogP contribution >= 0.6 is 35.2 Å². The van der Waals surface area contributed by atoms with Crippen LogP contribution in [0.3, 0.4) is 0 Å². The van der Waals surface area contributed by atoms with E-state index in [0.29, 0.717) is 21.2 Å². The summed E-state index contributed by atoms with van der Waals surface area (Å²) in [5.74, 6) is -0.512. The standard InChI is InChI=1S/C22H22ClN3O2S2/c1-12-8-5-6-9-13(12)19(27)25-21(29)24-15-11-7-10-14-16(23)18(30-17(14)15)20(28)26-22(2,3)4/h5-11H,1-4H3,(H,26,28)(H2,24,25,27,29). The van der Waals surface area contributed by atoms with E-state index in [1.807, 2.05) is 58.0 Å². The molecule has 0 spiro atoms. The maximum absolute atomic E-state index is 12.6. The maximum Gasteiger partial charge on any atom is 0.263 e. The molecule has 3 N–H and O–H groups in total. The third kappa shape index (κ3) is 4.98. The Morgan fingerprint density at radius 3 is 2.40 bits per heavy atom. The van der Waals surface area contributed by atoms with Gasteiger partial charge in [-0.2, -0.15) is 0 Å². The van der Waals surface area contributed by atoms with Gasteiger partial charge in [-0.1, -0.05) is 41.9 Å². The summed E-state index contributed by atoms with van der Waals surface area (Å²) in [6.45, 7) is 7.60. The number of rotatable bonds is 3. The molecule has 3 aromatic rings. The first-order valence-electron chi connectivity index (χ1n) is 9.28. The molecule has 0 unspecified atom stereocenters. The number of fused-ring (bicyclic) bond motifs is 1. The molecular formula is C22H22ClN3O2S2. The molecular weight excluding hydrogens is 438 g/mol. The van der Waals surface area contributed by atoms with Crippen LogP contribution in [0.25, 0.3) is 10.1 Å². The zero-order valence-corrected chi connectivity index (χ0v) is 19.4. The third-order valence-corrected chi connectivity index (χ3v) is 6.16. The number of benzene rings is 2. The molecule has 2 aromatic carbocycles. The van der Waals surface area contributed by atoms with E-state index in [-0.39, 0.29) is 22.5 Å². The van der Waals surface area contributed by atoms with Crippen molar-refractivity contribution in [3.63, 3.8) is 0 Å². The van der Waals surface area contributed by atoms with Gasteiger partial charge in [-0.25, -0.2) is 0 Å². The van der Waals surface area contributed by atoms with E-state index in [1.54, 1.807) is 12.1 Å². The SMILES string of the molecule is Cc1ccccc1C(=O)NC(=S)Nc1cccc2c(Cl)c(C(=O)NC(C)(C)C)sc12. The fraction of sp³-hybridized carbons (Fsp3) is 0.227. The smallest absolute Gasteiger partial charge is 0.263 e. The summed E-state index contributed by atoms with van der Waals surface area (Å²) in [5, 5.41) is 10.00. The van der Waals surface area contributed by atoms with E-state index in [1.165, 1.54) is 11.3 Å². The second kappa shape index (κ2) is 8.71. The number of nitrogens with one attached hydrogen (secondary N) is 3. The molecule has 1 heterocycles. The summed E-state index contributed by atoms with van der Waals surface area (Å²) < 4.78 is 0.786. The van der Waals surface area contributed by atoms with E-state index in [4.69, 9.17) is 23.8 Å². The molecule has 0 fully saturated rings. The van der Waals surface area contributed by atoms with Crippen molar-refractivity contribution in [2.75, 3.05) is 5.32 Å². The lowest BCUT2D eigenvalue weighted by Gasteiger charge is -2.19. The molecule has 0 aliphatic carbocycles. The minimum absolute atomic E-state index is 0.168. The summed E-state index contributed by atoms with van der Waals surface area (Å²) in [6, 6.07) is 12.8. The maximum atomic E-state index is 12.6. The van der Waals surface area contributed by atoms with Crippen LogP contribution in [0.4, 0.5) is 5.69 Å². The lowest BCUT2D eigenvalue weighted by atomic mass is 10.1. The molecule has 156 valence electrons. The Hall–Kier alpha value is -2.48. The highest BCUT2D eigenvalue weighted by Crippen LogP contribution is 2.39. The molecule has 3 rings (SSSR count). The van der Waals surface area contributed by atoms with Crippen LogP contribution in [-0.4, -0.2) is 22.5 Å². The Bertz CT molecular complexity index is 1150. The normalized spacial score (nSPS) is 11.2. The summed E-state index contributed by atoms with van der Waals surface area (Å²) in [5.41, 5.74) is 1.71. The van der Waals surface area contributed by atoms with Crippen molar-refractivity contribution >= 4 is 67.9 Å². The monoisotopic (exact) mass is 459 g/mol. The molecule has 1 aromatic heterocycles. The van der Waals surface area contributed by atoms with Crippen LogP contribution in [0, 0.1) is 6.92 Å². The van der Waals surface area contributed by atoms with Gasteiger partial charge in [0.05, 0.1) is 15.4 Å². The largest absolute Gasteiger partial charge is 0.347 e. The van der Waals surface area contributed by atoms with Gasteiger partial charge >= 0.3 is 0 Å². The molecule has 30 heavy (non-hydrogen) atoms. The Labute approximate surface area is 189 Å². The van der Waals surface area contributed by atoms with Gasteiger partial charge in [-0.05, 0) is 57.6 Å². The Kier molecular flexibility index (Phi) is 6.45. The van der Waals surface area contributed by atoms with Crippen LogP contribution in [0.15, 0.2) is 42.5 Å². The van der Waals surface area contributed by atoms with Gasteiger partial charge in [0.2, 0.25) is 0 Å². The van der Waals surface area contributed by atoms with E-state index >= 15 is 0 Å². The minimum Gasteiger partial charge on any atom is -0.347 e. The number of anilines is 1. The highest BCUT2D eigenvalue weighted by Gasteiger charge is 2.22. The zero-order valence-electron chi connectivity index (χ0n) is 17.1. The summed E-state index contributed by atoms with van der Waals surface area (Å²) in [6.07, 6.45) is 0. The molecule has 0 bridgehead atoms. The van der Waals surface area contributed by atoms with E-state index in [0.717, 1.165) is 15.6 Å². The van der Waals surface area contributed by atoms with Crippen molar-refractivity contribution in [2.24, 2.45) is 0 Å². The number of carbonyl (C=O) groups is 2. The number of hydrogen-bond acceptors (Lipinski definition) is 4. The molecule has 0 aliphatic heterocycles. The number of thiocarbonyl (C=S) groups is 1. The quantitative estimate of drug-likeness (QED) is 0.451. The van der Waals surface area contributed by atoms with Crippen molar-refractivity contribution in [3.8, 4) is 0 Å². The van der Waals surface area contributed by atoms with Crippen molar-refractivity contribution in [1.82, 2.24) is 10.6 Å². The molecule has 8 heteroatoms. The third-order valence-electron chi connectivity index (χ3n) is 4.21. The van der Waals surface area contributed by atoms with Gasteiger partial charge in [0.15, 0.2) is 5.11 Å². The average Bonchev–Trinajstić information content (AvgIpc) is 2.99. The number of amides is 2. The molecule has 2 amide bonds. The van der Waals surface area contributed by atoms with Crippen molar-refractivity contribution in [3.05, 3.63) is 63.5 Å². The Morgan fingerprint density at radius 2 is 1.73 bits per heavy atom. The highest BCUT2D eigenvalue weighted by molar-refractivity contribution is 7.80. The van der Waals surface area contributed by atoms with Gasteiger partial charge < -0.3 is 10.6 Å². The van der Waals surface area contributed by atoms with Gasteiger partial charge in [-0.3, -0.25) is 14.9 Å². The predicted octanol–water partition coefficient (Wildman–Crippen LogP) is 5.52. The highest BCUT2D eigenvalue weighted by atomic mass is 35.5. The fourth-order valence-corrected chi connectivity index (χ4v) is 4.56. The molecule has 5 nitrogen and oxygen atoms in total. The van der Waals surface area contributed by atoms with Crippen LogP contribution in [0.2, 0.25) is 5.02 Å². The summed E-state index contributed by atoms with van der Waals surface area (Å²) in [7, 11) is 0. The number of aryl methyl sites for hydroxylation is 1. The zero-order chi connectivity index (χ0) is 22.1. The van der Waals surface area contributed by atoms with E-state index < -0.39 is 0 Å². The summed E-state index contributed by atoms with van der Waals surface area (Å²) in [4.78, 5) is 25.6. The topological polar surface area (TPSA) is 70.2 Å². The van der Waals surface area contributed by atoms with Crippen molar-refractivity contribution in [1.29, 1.82) is 0 Å². The van der Waals surface area contributed by atoms with Gasteiger partial charge in [0.1, 0.15) is 4.88 Å². The van der Waals surface area contributed by atoms with E-state index in [2.05, 4.69) is 16.0 Å². The second-order valence-corrected chi connectivity index (χ2v) is 9.66. The van der Waals surface area contributed by atoms with Crippen LogP contribution < -0.4 is 16.0 Å². The van der Waals surface area contributed by atoms with E-state index in [9.17, 15) is 9.59 Å². The van der Waals surface area contributed by atoms with Gasteiger partial charge in [0.25, 0.3) is 11.8 Å². The fourth-order valence-electron chi connectivity index (χ4n) is 2.88. The Balaban J connectivity index is 1.83. The number of carbonyl (C=O) groups excluding carboxylic acids is 2. The number of hydrogen-bond donors (Lipinski definition) is 3. The molecule has 0 saturated heterocycles. The van der Waals surface area contributed by atoms with Crippen LogP contribution in [-0.2, 0) is 0 Å². The van der Waals surface area contributed by atoms with Crippen LogP contribution in [0.1, 0.15) is 46.4 Å². The summed E-state index contributed by atoms with van der Waals surface area (Å²) >= 11 is 13.1. The number of thiophene rings is 1. The van der Waals surface area contributed by atoms with Crippen molar-refractivity contribution < 1.29 is 9.59 Å². The average molecular weight is 460 g/mol. The first-order valence-corrected chi connectivity index (χ1v) is 10.9. The minimum atomic E-state index is -0.376. The van der Waals surface area contributed by atoms with Crippen LogP contribution in [0.5, 0.6) is 0 Å². The lowest BCUT2D eigenvalue weighted by Crippen LogP contribution is -2.40. The van der Waals surface area contributed by atoms with Gasteiger partial charge in [-0.15, -0.1) is 11.3 Å². The molecule has 0 saturated carbocycles. The number of halogens is 1.